The van der Waals surface area contributed by atoms with Gasteiger partial charge in [0.25, 0.3) is 0 Å². The second-order valence-electron chi connectivity index (χ2n) is 7.80. The van der Waals surface area contributed by atoms with E-state index in [1.165, 1.54) is 6.07 Å². The van der Waals surface area contributed by atoms with Gasteiger partial charge in [-0.2, -0.15) is 0 Å². The first-order valence-corrected chi connectivity index (χ1v) is 11.4. The van der Waals surface area contributed by atoms with Crippen LogP contribution in [0.3, 0.4) is 0 Å². The number of amides is 1. The summed E-state index contributed by atoms with van der Waals surface area (Å²) in [6.07, 6.45) is 2.34. The molecule has 29 heavy (non-hydrogen) atoms. The van der Waals surface area contributed by atoms with Gasteiger partial charge in [-0.1, -0.05) is 36.4 Å². The summed E-state index contributed by atoms with van der Waals surface area (Å²) in [5.41, 5.74) is 1.63. The van der Waals surface area contributed by atoms with Gasteiger partial charge in [0.05, 0.1) is 6.26 Å². The molecule has 1 saturated heterocycles. The average molecular weight is 420 g/mol. The van der Waals surface area contributed by atoms with E-state index in [1.807, 2.05) is 12.1 Å². The molecule has 2 aliphatic rings. The maximum Gasteiger partial charge on any atom is 0.226 e. The first kappa shape index (κ1) is 20.0. The molecule has 0 radical (unpaired) electrons. The second kappa shape index (κ2) is 7.50. The van der Waals surface area contributed by atoms with Gasteiger partial charge in [0.1, 0.15) is 0 Å². The molecule has 154 valence electrons. The van der Waals surface area contributed by atoms with Crippen LogP contribution in [0.1, 0.15) is 24.3 Å². The first-order chi connectivity index (χ1) is 13.7. The molecule has 1 aliphatic heterocycles. The van der Waals surface area contributed by atoms with Gasteiger partial charge in [0, 0.05) is 30.6 Å². The largest absolute Gasteiger partial charge is 0.341 e. The molecule has 8 heteroatoms. The van der Waals surface area contributed by atoms with Gasteiger partial charge in [-0.25, -0.2) is 21.9 Å². The molecule has 1 aliphatic carbocycles. The summed E-state index contributed by atoms with van der Waals surface area (Å²) in [5, 5.41) is 0. The monoisotopic (exact) mass is 420 g/mol. The third-order valence-electron chi connectivity index (χ3n) is 5.59. The fourth-order valence-electron chi connectivity index (χ4n) is 4.18. The zero-order valence-electron chi connectivity index (χ0n) is 15.9. The number of halogens is 2. The van der Waals surface area contributed by atoms with Crippen LogP contribution in [-0.2, 0) is 14.8 Å². The normalized spacial score (nSPS) is 24.0. The van der Waals surface area contributed by atoms with Gasteiger partial charge in [-0.15, -0.1) is 0 Å². The highest BCUT2D eigenvalue weighted by Crippen LogP contribution is 2.51. The molecule has 1 saturated carbocycles. The predicted octanol–water partition coefficient (Wildman–Crippen LogP) is 2.89. The highest BCUT2D eigenvalue weighted by molar-refractivity contribution is 7.88. The van der Waals surface area contributed by atoms with Crippen molar-refractivity contribution in [3.63, 3.8) is 0 Å². The van der Waals surface area contributed by atoms with Crippen molar-refractivity contribution in [1.29, 1.82) is 0 Å². The zero-order valence-corrected chi connectivity index (χ0v) is 16.8. The van der Waals surface area contributed by atoms with Crippen LogP contribution in [0.2, 0.25) is 0 Å². The minimum atomic E-state index is -3.31. The van der Waals surface area contributed by atoms with E-state index < -0.39 is 21.7 Å². The highest BCUT2D eigenvalue weighted by atomic mass is 32.2. The quantitative estimate of drug-likeness (QED) is 0.809. The molecule has 0 spiro atoms. The van der Waals surface area contributed by atoms with E-state index in [2.05, 4.69) is 4.72 Å². The van der Waals surface area contributed by atoms with Crippen LogP contribution in [0.4, 0.5) is 8.78 Å². The van der Waals surface area contributed by atoms with E-state index in [1.54, 1.807) is 23.1 Å². The number of sulfonamides is 1. The SMILES string of the molecule is CS(=O)(=O)N[C@@H]1CCN(C(=O)[C@@H]2C[C@H]2c2ccccc2-c2cccc(F)c2F)C1. The van der Waals surface area contributed by atoms with Crippen molar-refractivity contribution in [2.75, 3.05) is 19.3 Å². The Bertz CT molecular complexity index is 1060. The Morgan fingerprint density at radius 2 is 1.83 bits per heavy atom. The van der Waals surface area contributed by atoms with Gasteiger partial charge in [-0.05, 0) is 36.0 Å². The van der Waals surface area contributed by atoms with Gasteiger partial charge >= 0.3 is 0 Å². The Kier molecular flexibility index (Phi) is 5.16. The Labute approximate surface area is 168 Å². The highest BCUT2D eigenvalue weighted by Gasteiger charge is 2.47. The molecule has 4 rings (SSSR count). The van der Waals surface area contributed by atoms with Crippen molar-refractivity contribution < 1.29 is 22.0 Å². The topological polar surface area (TPSA) is 66.5 Å². The van der Waals surface area contributed by atoms with Gasteiger partial charge in [-0.3, -0.25) is 4.79 Å². The van der Waals surface area contributed by atoms with E-state index in [-0.39, 0.29) is 29.3 Å². The third-order valence-corrected chi connectivity index (χ3v) is 6.35. The fraction of sp³-hybridized carbons (Fsp3) is 0.381. The summed E-state index contributed by atoms with van der Waals surface area (Å²) in [4.78, 5) is 14.6. The van der Waals surface area contributed by atoms with Gasteiger partial charge < -0.3 is 4.90 Å². The molecular weight excluding hydrogens is 398 g/mol. The molecular formula is C21H22F2N2O3S. The maximum absolute atomic E-state index is 14.3. The number of likely N-dealkylation sites (tertiary alicyclic amines) is 1. The van der Waals surface area contributed by atoms with Crippen molar-refractivity contribution in [1.82, 2.24) is 9.62 Å². The average Bonchev–Trinajstić information content (AvgIpc) is 3.34. The summed E-state index contributed by atoms with van der Waals surface area (Å²) in [7, 11) is -3.31. The number of nitrogens with one attached hydrogen (secondary N) is 1. The van der Waals surface area contributed by atoms with E-state index >= 15 is 0 Å². The van der Waals surface area contributed by atoms with Crippen molar-refractivity contribution >= 4 is 15.9 Å². The number of hydrogen-bond donors (Lipinski definition) is 1. The summed E-state index contributed by atoms with van der Waals surface area (Å²) < 4.78 is 53.4. The summed E-state index contributed by atoms with van der Waals surface area (Å²) in [6.45, 7) is 0.866. The van der Waals surface area contributed by atoms with Crippen LogP contribution in [0.5, 0.6) is 0 Å². The van der Waals surface area contributed by atoms with Crippen LogP contribution >= 0.6 is 0 Å². The minimum Gasteiger partial charge on any atom is -0.341 e. The first-order valence-electron chi connectivity index (χ1n) is 9.54. The number of carbonyl (C=O) groups is 1. The zero-order chi connectivity index (χ0) is 20.8. The van der Waals surface area contributed by atoms with Gasteiger partial charge in [0.2, 0.25) is 15.9 Å². The Balaban J connectivity index is 1.50. The molecule has 1 N–H and O–H groups in total. The Hall–Kier alpha value is -2.32. The van der Waals surface area contributed by atoms with Crippen LogP contribution in [-0.4, -0.2) is 44.6 Å². The van der Waals surface area contributed by atoms with Gasteiger partial charge in [0.15, 0.2) is 11.6 Å². The molecule has 0 aromatic heterocycles. The van der Waals surface area contributed by atoms with Crippen LogP contribution < -0.4 is 4.72 Å². The molecule has 1 heterocycles. The molecule has 0 unspecified atom stereocenters. The third kappa shape index (κ3) is 4.18. The number of rotatable bonds is 5. The lowest BCUT2D eigenvalue weighted by atomic mass is 9.95. The van der Waals surface area contributed by atoms with Crippen molar-refractivity contribution in [2.24, 2.45) is 5.92 Å². The number of carbonyl (C=O) groups excluding carboxylic acids is 1. The molecule has 0 bridgehead atoms. The molecule has 1 amide bonds. The fourth-order valence-corrected chi connectivity index (χ4v) is 4.98. The number of hydrogen-bond acceptors (Lipinski definition) is 3. The standard InChI is InChI=1S/C21H22F2N2O3S/c1-29(27,28)24-13-9-10-25(12-13)21(26)18-11-17(18)15-6-3-2-5-14(15)16-7-4-8-19(22)20(16)23/h2-8,13,17-18,24H,9-12H2,1H3/t13-,17+,18-/m1/s1. The Morgan fingerprint density at radius 3 is 2.59 bits per heavy atom. The Morgan fingerprint density at radius 1 is 1.10 bits per heavy atom. The molecule has 3 atom stereocenters. The van der Waals surface area contributed by atoms with E-state index in [9.17, 15) is 22.0 Å². The smallest absolute Gasteiger partial charge is 0.226 e. The van der Waals surface area contributed by atoms with Crippen molar-refractivity contribution in [2.45, 2.75) is 24.8 Å². The second-order valence-corrected chi connectivity index (χ2v) is 9.58. The van der Waals surface area contributed by atoms with Crippen LogP contribution in [0.25, 0.3) is 11.1 Å². The van der Waals surface area contributed by atoms with Crippen LogP contribution in [0, 0.1) is 17.6 Å². The lowest BCUT2D eigenvalue weighted by molar-refractivity contribution is -0.131. The van der Waals surface area contributed by atoms with Crippen LogP contribution in [0.15, 0.2) is 42.5 Å². The summed E-state index contributed by atoms with van der Waals surface area (Å²) in [6, 6.07) is 11.0. The van der Waals surface area contributed by atoms with Crippen molar-refractivity contribution in [3.8, 4) is 11.1 Å². The molecule has 2 fully saturated rings. The molecule has 2 aromatic carbocycles. The maximum atomic E-state index is 14.3. The molecule has 5 nitrogen and oxygen atoms in total. The van der Waals surface area contributed by atoms with E-state index in [0.29, 0.717) is 31.5 Å². The molecule has 2 aromatic rings. The minimum absolute atomic E-state index is 0.0117. The summed E-state index contributed by atoms with van der Waals surface area (Å²) >= 11 is 0. The van der Waals surface area contributed by atoms with Crippen molar-refractivity contribution in [3.05, 3.63) is 59.7 Å². The lowest BCUT2D eigenvalue weighted by Gasteiger charge is -2.17. The predicted molar refractivity (Wildman–Crippen MR) is 106 cm³/mol. The lowest BCUT2D eigenvalue weighted by Crippen LogP contribution is -2.38. The summed E-state index contributed by atoms with van der Waals surface area (Å²) in [5.74, 6) is -2.07. The van der Waals surface area contributed by atoms with E-state index in [0.717, 1.165) is 17.9 Å². The number of nitrogens with zero attached hydrogens (tertiary/aromatic N) is 1. The number of benzene rings is 2. The van der Waals surface area contributed by atoms with E-state index in [4.69, 9.17) is 0 Å².